The monoisotopic (exact) mass is 248 g/mol. The average Bonchev–Trinajstić information content (AvgIpc) is 2.25. The van der Waals surface area contributed by atoms with E-state index in [-0.39, 0.29) is 5.91 Å². The van der Waals surface area contributed by atoms with E-state index in [1.807, 2.05) is 0 Å². The number of piperazine rings is 1. The van der Waals surface area contributed by atoms with E-state index < -0.39 is 30.5 Å². The van der Waals surface area contributed by atoms with E-state index in [4.69, 9.17) is 0 Å². The summed E-state index contributed by atoms with van der Waals surface area (Å²) in [5.41, 5.74) is -1.06. The van der Waals surface area contributed by atoms with Crippen LogP contribution in [0.25, 0.3) is 0 Å². The molecule has 0 aromatic carbocycles. The zero-order valence-corrected chi connectivity index (χ0v) is 10.3. The number of nitrogens with zero attached hydrogens (tertiary/aromatic N) is 1. The van der Waals surface area contributed by atoms with Gasteiger partial charge in [-0.25, -0.2) is 8.78 Å². The first-order valence-corrected chi connectivity index (χ1v) is 5.77. The molecule has 1 rings (SSSR count). The van der Waals surface area contributed by atoms with Crippen molar-refractivity contribution < 1.29 is 18.4 Å². The molecule has 0 saturated carbocycles. The fourth-order valence-corrected chi connectivity index (χ4v) is 2.01. The van der Waals surface area contributed by atoms with Crippen LogP contribution >= 0.6 is 0 Å². The summed E-state index contributed by atoms with van der Waals surface area (Å²) >= 11 is 0. The Morgan fingerprint density at radius 1 is 1.41 bits per heavy atom. The van der Waals surface area contributed by atoms with Crippen molar-refractivity contribution in [2.45, 2.75) is 51.6 Å². The summed E-state index contributed by atoms with van der Waals surface area (Å²) in [6.07, 6.45) is -1.90. The number of halogens is 2. The normalized spacial score (nSPS) is 29.8. The number of carbonyl (C=O) groups excluding carboxylic acids is 2. The van der Waals surface area contributed by atoms with Crippen LogP contribution in [0.2, 0.25) is 0 Å². The van der Waals surface area contributed by atoms with Crippen molar-refractivity contribution in [3.05, 3.63) is 0 Å². The summed E-state index contributed by atoms with van der Waals surface area (Å²) in [5.74, 6) is -0.774. The van der Waals surface area contributed by atoms with Crippen molar-refractivity contribution in [2.75, 3.05) is 6.54 Å². The number of nitrogens with one attached hydrogen (secondary N) is 1. The molecule has 17 heavy (non-hydrogen) atoms. The third-order valence-corrected chi connectivity index (χ3v) is 3.24. The molecule has 1 saturated heterocycles. The summed E-state index contributed by atoms with van der Waals surface area (Å²) in [7, 11) is 0. The van der Waals surface area contributed by atoms with E-state index in [1.54, 1.807) is 20.8 Å². The van der Waals surface area contributed by atoms with E-state index in [0.29, 0.717) is 12.8 Å². The maximum absolute atomic E-state index is 12.5. The van der Waals surface area contributed by atoms with Gasteiger partial charge in [0.1, 0.15) is 11.6 Å². The minimum Gasteiger partial charge on any atom is -0.340 e. The lowest BCUT2D eigenvalue weighted by Gasteiger charge is -2.43. The predicted octanol–water partition coefficient (Wildman–Crippen LogP) is 1.16. The zero-order chi connectivity index (χ0) is 13.2. The Labute approximate surface area is 99.3 Å². The van der Waals surface area contributed by atoms with Crippen LogP contribution in [0.4, 0.5) is 8.78 Å². The molecule has 0 radical (unpaired) electrons. The molecule has 6 heteroatoms. The maximum atomic E-state index is 12.5. The maximum Gasteiger partial charge on any atom is 0.255 e. The number of rotatable bonds is 4. The van der Waals surface area contributed by atoms with Crippen molar-refractivity contribution in [2.24, 2.45) is 0 Å². The zero-order valence-electron chi connectivity index (χ0n) is 10.3. The van der Waals surface area contributed by atoms with Crippen molar-refractivity contribution in [1.29, 1.82) is 0 Å². The molecule has 1 fully saturated rings. The van der Waals surface area contributed by atoms with Crippen molar-refractivity contribution >= 4 is 11.8 Å². The fourth-order valence-electron chi connectivity index (χ4n) is 2.01. The smallest absolute Gasteiger partial charge is 0.255 e. The second-order valence-electron chi connectivity index (χ2n) is 4.45. The van der Waals surface area contributed by atoms with Crippen LogP contribution in [0.15, 0.2) is 0 Å². The molecule has 1 aliphatic rings. The molecule has 1 aliphatic heterocycles. The Morgan fingerprint density at radius 2 is 2.00 bits per heavy atom. The highest BCUT2D eigenvalue weighted by molar-refractivity contribution is 5.99. The SMILES string of the molecule is CCC1C(=O)NC(C)(CC)C(=O)N1CC(F)F. The van der Waals surface area contributed by atoms with Crippen LogP contribution in [-0.2, 0) is 9.59 Å². The van der Waals surface area contributed by atoms with Crippen LogP contribution in [0.3, 0.4) is 0 Å². The molecule has 2 atom stereocenters. The van der Waals surface area contributed by atoms with E-state index in [0.717, 1.165) is 4.90 Å². The first-order valence-electron chi connectivity index (χ1n) is 5.77. The van der Waals surface area contributed by atoms with Gasteiger partial charge in [0.05, 0.1) is 6.54 Å². The van der Waals surface area contributed by atoms with E-state index in [2.05, 4.69) is 5.32 Å². The van der Waals surface area contributed by atoms with Crippen molar-refractivity contribution in [1.82, 2.24) is 10.2 Å². The Hall–Kier alpha value is -1.20. The molecular formula is C11H18F2N2O2. The number of hydrogen-bond acceptors (Lipinski definition) is 2. The highest BCUT2D eigenvalue weighted by atomic mass is 19.3. The second-order valence-corrected chi connectivity index (χ2v) is 4.45. The van der Waals surface area contributed by atoms with Gasteiger partial charge < -0.3 is 10.2 Å². The third kappa shape index (κ3) is 2.56. The third-order valence-electron chi connectivity index (χ3n) is 3.24. The van der Waals surface area contributed by atoms with Gasteiger partial charge in [-0.05, 0) is 19.8 Å². The van der Waals surface area contributed by atoms with Gasteiger partial charge in [-0.2, -0.15) is 0 Å². The molecule has 1 N–H and O–H groups in total. The first-order chi connectivity index (χ1) is 7.85. The second kappa shape index (κ2) is 4.98. The standard InChI is InChI=1S/C11H18F2N2O2/c1-4-7-9(16)14-11(3,5-2)10(17)15(7)6-8(12)13/h7-8H,4-6H2,1-3H3,(H,14,16). The summed E-state index contributed by atoms with van der Waals surface area (Å²) in [6, 6.07) is -0.781. The molecule has 98 valence electrons. The number of amides is 2. The molecule has 0 aromatic rings. The van der Waals surface area contributed by atoms with Crippen LogP contribution in [0, 0.1) is 0 Å². The van der Waals surface area contributed by atoms with Gasteiger partial charge >= 0.3 is 0 Å². The molecule has 0 spiro atoms. The minimum atomic E-state index is -2.62. The van der Waals surface area contributed by atoms with Gasteiger partial charge in [-0.1, -0.05) is 13.8 Å². The molecule has 1 heterocycles. The summed E-state index contributed by atoms with van der Waals surface area (Å²) in [4.78, 5) is 24.9. The Balaban J connectivity index is 3.01. The van der Waals surface area contributed by atoms with Gasteiger partial charge in [0.2, 0.25) is 11.8 Å². The summed E-state index contributed by atoms with van der Waals surface area (Å²) in [6.45, 7) is 4.33. The molecule has 4 nitrogen and oxygen atoms in total. The molecule has 0 aliphatic carbocycles. The molecular weight excluding hydrogens is 230 g/mol. The molecule has 2 unspecified atom stereocenters. The van der Waals surface area contributed by atoms with E-state index in [1.165, 1.54) is 0 Å². The summed E-state index contributed by atoms with van der Waals surface area (Å²) < 4.78 is 24.9. The van der Waals surface area contributed by atoms with Gasteiger partial charge in [0, 0.05) is 0 Å². The minimum absolute atomic E-state index is 0.337. The predicted molar refractivity (Wildman–Crippen MR) is 58.6 cm³/mol. The molecule has 0 bridgehead atoms. The molecule has 0 aromatic heterocycles. The van der Waals surface area contributed by atoms with Gasteiger partial charge in [0.25, 0.3) is 6.43 Å². The Morgan fingerprint density at radius 3 is 2.41 bits per heavy atom. The van der Waals surface area contributed by atoms with Crippen LogP contribution in [0.5, 0.6) is 0 Å². The highest BCUT2D eigenvalue weighted by Gasteiger charge is 2.46. The lowest BCUT2D eigenvalue weighted by molar-refractivity contribution is -0.156. The Bertz CT molecular complexity index is 323. The number of carbonyl (C=O) groups is 2. The van der Waals surface area contributed by atoms with Crippen LogP contribution in [0.1, 0.15) is 33.6 Å². The van der Waals surface area contributed by atoms with Crippen molar-refractivity contribution in [3.8, 4) is 0 Å². The van der Waals surface area contributed by atoms with Gasteiger partial charge in [-0.15, -0.1) is 0 Å². The van der Waals surface area contributed by atoms with E-state index in [9.17, 15) is 18.4 Å². The summed E-state index contributed by atoms with van der Waals surface area (Å²) in [5, 5.41) is 2.62. The highest BCUT2D eigenvalue weighted by Crippen LogP contribution is 2.23. The average molecular weight is 248 g/mol. The number of alkyl halides is 2. The van der Waals surface area contributed by atoms with Crippen LogP contribution < -0.4 is 5.32 Å². The Kier molecular flexibility index (Phi) is 4.06. The van der Waals surface area contributed by atoms with Crippen molar-refractivity contribution in [3.63, 3.8) is 0 Å². The first kappa shape index (κ1) is 13.9. The topological polar surface area (TPSA) is 49.4 Å². The lowest BCUT2D eigenvalue weighted by atomic mass is 9.91. The lowest BCUT2D eigenvalue weighted by Crippen LogP contribution is -2.69. The van der Waals surface area contributed by atoms with Gasteiger partial charge in [-0.3, -0.25) is 9.59 Å². The van der Waals surface area contributed by atoms with Crippen LogP contribution in [-0.4, -0.2) is 41.3 Å². The fraction of sp³-hybridized carbons (Fsp3) is 0.818. The van der Waals surface area contributed by atoms with Gasteiger partial charge in [0.15, 0.2) is 0 Å². The van der Waals surface area contributed by atoms with E-state index >= 15 is 0 Å². The number of hydrogen-bond donors (Lipinski definition) is 1. The quantitative estimate of drug-likeness (QED) is 0.811. The molecule has 2 amide bonds. The largest absolute Gasteiger partial charge is 0.340 e.